The zero-order valence-corrected chi connectivity index (χ0v) is 10.2. The highest BCUT2D eigenvalue weighted by atomic mass is 16.2. The predicted molar refractivity (Wildman–Crippen MR) is 64.2 cm³/mol. The van der Waals surface area contributed by atoms with Gasteiger partial charge in [-0.05, 0) is 52.1 Å². The maximum absolute atomic E-state index is 11.8. The van der Waals surface area contributed by atoms with E-state index in [1.54, 1.807) is 0 Å². The Hall–Kier alpha value is -0.610. The maximum atomic E-state index is 11.8. The Morgan fingerprint density at radius 1 is 1.38 bits per heavy atom. The Bertz CT molecular complexity index is 209. The Morgan fingerprint density at radius 3 is 2.94 bits per heavy atom. The molecule has 1 saturated heterocycles. The molecule has 2 N–H and O–H groups in total. The van der Waals surface area contributed by atoms with E-state index in [1.807, 2.05) is 7.05 Å². The fraction of sp³-hybridized carbons (Fsp3) is 0.917. The minimum atomic E-state index is 0.0524. The molecule has 94 valence electrons. The standard InChI is InChI=1S/C12H24N2O2/c1-14(9-5-2-6-10-15)11-7-3-4-8-13-12(11)16/h11,15H,2-10H2,1H3,(H,13,16). The number of nitrogens with one attached hydrogen (secondary N) is 1. The highest BCUT2D eigenvalue weighted by Crippen LogP contribution is 2.11. The number of likely N-dealkylation sites (N-methyl/N-ethyl adjacent to an activating group) is 1. The van der Waals surface area contributed by atoms with Crippen molar-refractivity contribution in [3.05, 3.63) is 0 Å². The van der Waals surface area contributed by atoms with Gasteiger partial charge in [0.1, 0.15) is 0 Å². The fourth-order valence-corrected chi connectivity index (χ4v) is 2.15. The number of amides is 1. The summed E-state index contributed by atoms with van der Waals surface area (Å²) < 4.78 is 0. The number of carbonyl (C=O) groups excluding carboxylic acids is 1. The molecule has 0 radical (unpaired) electrons. The van der Waals surface area contributed by atoms with Gasteiger partial charge in [0, 0.05) is 13.2 Å². The first kappa shape index (κ1) is 13.5. The Kier molecular flexibility index (Phi) is 6.42. The number of unbranched alkanes of at least 4 members (excludes halogenated alkanes) is 2. The molecule has 1 heterocycles. The van der Waals surface area contributed by atoms with E-state index in [4.69, 9.17) is 5.11 Å². The SMILES string of the molecule is CN(CCCCCO)C1CCCCNC1=O. The lowest BCUT2D eigenvalue weighted by Crippen LogP contribution is -2.44. The molecule has 0 bridgehead atoms. The molecule has 1 fully saturated rings. The van der Waals surface area contributed by atoms with Crippen LogP contribution in [0.25, 0.3) is 0 Å². The molecule has 0 spiro atoms. The van der Waals surface area contributed by atoms with E-state index in [0.29, 0.717) is 0 Å². The molecule has 16 heavy (non-hydrogen) atoms. The van der Waals surface area contributed by atoms with Gasteiger partial charge in [0.2, 0.25) is 5.91 Å². The van der Waals surface area contributed by atoms with Gasteiger partial charge in [-0.25, -0.2) is 0 Å². The third kappa shape index (κ3) is 4.49. The predicted octanol–water partition coefficient (Wildman–Crippen LogP) is 0.749. The van der Waals surface area contributed by atoms with E-state index >= 15 is 0 Å². The van der Waals surface area contributed by atoms with Crippen molar-refractivity contribution in [2.45, 2.75) is 44.6 Å². The van der Waals surface area contributed by atoms with Crippen LogP contribution in [0.2, 0.25) is 0 Å². The van der Waals surface area contributed by atoms with Gasteiger partial charge in [-0.15, -0.1) is 0 Å². The molecule has 4 nitrogen and oxygen atoms in total. The average Bonchev–Trinajstić information content (AvgIpc) is 2.49. The Balaban J connectivity index is 2.27. The van der Waals surface area contributed by atoms with Crippen molar-refractivity contribution in [2.75, 3.05) is 26.7 Å². The maximum Gasteiger partial charge on any atom is 0.237 e. The van der Waals surface area contributed by atoms with Crippen LogP contribution in [0.1, 0.15) is 38.5 Å². The van der Waals surface area contributed by atoms with E-state index in [9.17, 15) is 4.79 Å². The van der Waals surface area contributed by atoms with Gasteiger partial charge in [-0.1, -0.05) is 0 Å². The van der Waals surface area contributed by atoms with Crippen molar-refractivity contribution in [3.63, 3.8) is 0 Å². The summed E-state index contributed by atoms with van der Waals surface area (Å²) in [6.07, 6.45) is 6.16. The fourth-order valence-electron chi connectivity index (χ4n) is 2.15. The molecule has 0 aromatic rings. The van der Waals surface area contributed by atoms with Gasteiger partial charge in [0.15, 0.2) is 0 Å². The van der Waals surface area contributed by atoms with Gasteiger partial charge in [0.05, 0.1) is 6.04 Å². The summed E-state index contributed by atoms with van der Waals surface area (Å²) in [5, 5.41) is 11.6. The number of aliphatic hydroxyl groups is 1. The summed E-state index contributed by atoms with van der Waals surface area (Å²) in [7, 11) is 2.02. The second-order valence-corrected chi connectivity index (χ2v) is 4.57. The third-order valence-corrected chi connectivity index (χ3v) is 3.21. The summed E-state index contributed by atoms with van der Waals surface area (Å²) >= 11 is 0. The van der Waals surface area contributed by atoms with E-state index in [0.717, 1.165) is 51.6 Å². The average molecular weight is 228 g/mol. The largest absolute Gasteiger partial charge is 0.396 e. The monoisotopic (exact) mass is 228 g/mol. The van der Waals surface area contributed by atoms with Crippen molar-refractivity contribution < 1.29 is 9.90 Å². The molecule has 1 aliphatic rings. The number of aliphatic hydroxyl groups excluding tert-OH is 1. The highest BCUT2D eigenvalue weighted by Gasteiger charge is 2.23. The van der Waals surface area contributed by atoms with Crippen LogP contribution >= 0.6 is 0 Å². The van der Waals surface area contributed by atoms with Crippen LogP contribution in [0.4, 0.5) is 0 Å². The first-order valence-electron chi connectivity index (χ1n) is 6.34. The van der Waals surface area contributed by atoms with Gasteiger partial charge in [-0.3, -0.25) is 9.69 Å². The van der Waals surface area contributed by atoms with E-state index < -0.39 is 0 Å². The number of hydrogen-bond donors (Lipinski definition) is 2. The first-order chi connectivity index (χ1) is 7.75. The number of rotatable bonds is 6. The minimum Gasteiger partial charge on any atom is -0.396 e. The molecule has 4 heteroatoms. The van der Waals surface area contributed by atoms with Crippen molar-refractivity contribution in [1.29, 1.82) is 0 Å². The molecule has 0 saturated carbocycles. The van der Waals surface area contributed by atoms with Crippen LogP contribution in [-0.4, -0.2) is 48.7 Å². The number of nitrogens with zero attached hydrogens (tertiary/aromatic N) is 1. The van der Waals surface area contributed by atoms with E-state index in [1.165, 1.54) is 0 Å². The van der Waals surface area contributed by atoms with Crippen LogP contribution in [0.3, 0.4) is 0 Å². The first-order valence-corrected chi connectivity index (χ1v) is 6.34. The molecular weight excluding hydrogens is 204 g/mol. The van der Waals surface area contributed by atoms with Gasteiger partial charge < -0.3 is 10.4 Å². The van der Waals surface area contributed by atoms with Crippen LogP contribution in [0.15, 0.2) is 0 Å². The molecule has 0 aliphatic carbocycles. The zero-order chi connectivity index (χ0) is 11.8. The van der Waals surface area contributed by atoms with Crippen molar-refractivity contribution in [2.24, 2.45) is 0 Å². The molecule has 0 aromatic carbocycles. The second-order valence-electron chi connectivity index (χ2n) is 4.57. The summed E-state index contributed by atoms with van der Waals surface area (Å²) in [5.41, 5.74) is 0. The normalized spacial score (nSPS) is 21.9. The highest BCUT2D eigenvalue weighted by molar-refractivity contribution is 5.81. The van der Waals surface area contributed by atoms with Crippen LogP contribution in [0, 0.1) is 0 Å². The smallest absolute Gasteiger partial charge is 0.237 e. The lowest BCUT2D eigenvalue weighted by Gasteiger charge is -2.25. The Labute approximate surface area is 98.0 Å². The Morgan fingerprint density at radius 2 is 2.19 bits per heavy atom. The summed E-state index contributed by atoms with van der Waals surface area (Å²) in [6.45, 7) is 2.04. The topological polar surface area (TPSA) is 52.6 Å². The zero-order valence-electron chi connectivity index (χ0n) is 10.2. The van der Waals surface area contributed by atoms with Gasteiger partial charge >= 0.3 is 0 Å². The molecular formula is C12H24N2O2. The molecule has 0 aromatic heterocycles. The second kappa shape index (κ2) is 7.63. The number of hydrogen-bond acceptors (Lipinski definition) is 3. The van der Waals surface area contributed by atoms with Crippen LogP contribution < -0.4 is 5.32 Å². The molecule has 1 unspecified atom stereocenters. The lowest BCUT2D eigenvalue weighted by molar-refractivity contribution is -0.125. The minimum absolute atomic E-state index is 0.0524. The van der Waals surface area contributed by atoms with Crippen LogP contribution in [-0.2, 0) is 4.79 Å². The lowest BCUT2D eigenvalue weighted by atomic mass is 10.1. The van der Waals surface area contributed by atoms with E-state index in [-0.39, 0.29) is 18.6 Å². The molecule has 1 amide bonds. The number of carbonyl (C=O) groups is 1. The molecule has 1 atom stereocenters. The van der Waals surface area contributed by atoms with E-state index in [2.05, 4.69) is 10.2 Å². The summed E-state index contributed by atoms with van der Waals surface area (Å²) in [4.78, 5) is 13.9. The molecule has 1 aliphatic heterocycles. The van der Waals surface area contributed by atoms with Gasteiger partial charge in [0.25, 0.3) is 0 Å². The molecule has 1 rings (SSSR count). The summed E-state index contributed by atoms with van der Waals surface area (Å²) in [6, 6.07) is 0.0524. The summed E-state index contributed by atoms with van der Waals surface area (Å²) in [5.74, 6) is 0.183. The van der Waals surface area contributed by atoms with Gasteiger partial charge in [-0.2, -0.15) is 0 Å². The van der Waals surface area contributed by atoms with Crippen molar-refractivity contribution in [1.82, 2.24) is 10.2 Å². The van der Waals surface area contributed by atoms with Crippen LogP contribution in [0.5, 0.6) is 0 Å². The quantitative estimate of drug-likeness (QED) is 0.660. The third-order valence-electron chi connectivity index (χ3n) is 3.21. The van der Waals surface area contributed by atoms with Crippen molar-refractivity contribution in [3.8, 4) is 0 Å². The van der Waals surface area contributed by atoms with Crippen molar-refractivity contribution >= 4 is 5.91 Å².